The highest BCUT2D eigenvalue weighted by molar-refractivity contribution is 6.05. The highest BCUT2D eigenvalue weighted by Crippen LogP contribution is 2.22. The average molecular weight is 435 g/mol. The maximum Gasteiger partial charge on any atom is 0.411 e. The highest BCUT2D eigenvalue weighted by Gasteiger charge is 2.27. The number of carbonyl (C=O) groups excluding carboxylic acids is 1. The van der Waals surface area contributed by atoms with E-state index in [1.165, 1.54) is 18.2 Å². The van der Waals surface area contributed by atoms with Gasteiger partial charge in [-0.15, -0.1) is 0 Å². The number of anilines is 1. The Kier molecular flexibility index (Phi) is 6.74. The van der Waals surface area contributed by atoms with Crippen molar-refractivity contribution < 1.29 is 27.1 Å². The van der Waals surface area contributed by atoms with Crippen LogP contribution in [0, 0.1) is 19.7 Å². The molecule has 31 heavy (non-hydrogen) atoms. The van der Waals surface area contributed by atoms with E-state index >= 15 is 0 Å². The third-order valence-corrected chi connectivity index (χ3v) is 4.57. The minimum absolute atomic E-state index is 0.260. The molecular weight excluding hydrogens is 414 g/mol. The summed E-state index contributed by atoms with van der Waals surface area (Å²) in [7, 11) is 0. The zero-order valence-corrected chi connectivity index (χ0v) is 17.0. The molecule has 1 heterocycles. The number of alkyl halides is 3. The molecule has 2 aromatic carbocycles. The molecule has 0 atom stereocenters. The van der Waals surface area contributed by atoms with Gasteiger partial charge in [-0.1, -0.05) is 24.3 Å². The number of aromatic nitrogens is 2. The maximum atomic E-state index is 13.4. The molecule has 1 aromatic heterocycles. The largest absolute Gasteiger partial charge is 0.411 e. The predicted molar refractivity (Wildman–Crippen MR) is 107 cm³/mol. The first kappa shape index (κ1) is 22.5. The Balaban J connectivity index is 1.70. The summed E-state index contributed by atoms with van der Waals surface area (Å²) in [5, 5.41) is 7.22. The van der Waals surface area contributed by atoms with Gasteiger partial charge in [0, 0.05) is 5.56 Å². The second-order valence-electron chi connectivity index (χ2n) is 7.10. The molecule has 0 spiro atoms. The normalized spacial score (nSPS) is 11.5. The number of amides is 1. The average Bonchev–Trinajstić information content (AvgIpc) is 2.94. The number of aryl methyl sites for hydroxylation is 1. The number of benzene rings is 2. The molecule has 0 fully saturated rings. The van der Waals surface area contributed by atoms with E-state index in [-0.39, 0.29) is 18.0 Å². The number of hydrogen-bond donors (Lipinski definition) is 1. The first-order valence-electron chi connectivity index (χ1n) is 9.45. The molecule has 0 aliphatic heterocycles. The molecule has 0 aliphatic rings. The number of rotatable bonds is 7. The first-order chi connectivity index (χ1) is 14.6. The van der Waals surface area contributed by atoms with Crippen LogP contribution in [0.25, 0.3) is 0 Å². The van der Waals surface area contributed by atoms with Crippen LogP contribution in [0.5, 0.6) is 0 Å². The van der Waals surface area contributed by atoms with Crippen molar-refractivity contribution in [2.24, 2.45) is 0 Å². The van der Waals surface area contributed by atoms with E-state index in [1.807, 2.05) is 0 Å². The number of hydrogen-bond acceptors (Lipinski definition) is 3. The fourth-order valence-corrected chi connectivity index (χ4v) is 3.11. The number of nitrogens with one attached hydrogen (secondary N) is 1. The summed E-state index contributed by atoms with van der Waals surface area (Å²) in [6.45, 7) is 2.26. The van der Waals surface area contributed by atoms with Crippen molar-refractivity contribution in [1.82, 2.24) is 9.78 Å². The van der Waals surface area contributed by atoms with Crippen LogP contribution in [0.2, 0.25) is 0 Å². The zero-order chi connectivity index (χ0) is 22.6. The summed E-state index contributed by atoms with van der Waals surface area (Å²) in [5.74, 6) is -0.763. The van der Waals surface area contributed by atoms with Crippen LogP contribution in [0.1, 0.15) is 32.9 Å². The SMILES string of the molecule is Cc1nn(Cc2cccc(F)c2)c(C)c1NC(=O)c1cccc(COCC(F)(F)F)c1. The topological polar surface area (TPSA) is 56.2 Å². The monoisotopic (exact) mass is 435 g/mol. The summed E-state index contributed by atoms with van der Waals surface area (Å²) in [4.78, 5) is 12.7. The molecule has 0 saturated heterocycles. The lowest BCUT2D eigenvalue weighted by atomic mass is 10.1. The van der Waals surface area contributed by atoms with Crippen LogP contribution in [0.3, 0.4) is 0 Å². The van der Waals surface area contributed by atoms with Crippen molar-refractivity contribution in [1.29, 1.82) is 0 Å². The van der Waals surface area contributed by atoms with Crippen LogP contribution >= 0.6 is 0 Å². The predicted octanol–water partition coefficient (Wildman–Crippen LogP) is 5.02. The molecular formula is C22H21F4N3O2. The smallest absolute Gasteiger partial charge is 0.367 e. The Morgan fingerprint density at radius 2 is 1.81 bits per heavy atom. The molecule has 3 rings (SSSR count). The standard InChI is InChI=1S/C22H21F4N3O2/c1-14-20(15(2)29(28-14)11-16-5-4-8-19(23)10-16)27-21(30)18-7-3-6-17(9-18)12-31-13-22(24,25)26/h3-10H,11-13H2,1-2H3,(H,27,30). The highest BCUT2D eigenvalue weighted by atomic mass is 19.4. The van der Waals surface area contributed by atoms with Crippen LogP contribution in [0.4, 0.5) is 23.2 Å². The maximum absolute atomic E-state index is 13.4. The van der Waals surface area contributed by atoms with Crippen molar-refractivity contribution >= 4 is 11.6 Å². The van der Waals surface area contributed by atoms with E-state index in [0.29, 0.717) is 29.2 Å². The fourth-order valence-electron chi connectivity index (χ4n) is 3.11. The lowest BCUT2D eigenvalue weighted by Gasteiger charge is -2.10. The lowest BCUT2D eigenvalue weighted by Crippen LogP contribution is -2.17. The van der Waals surface area contributed by atoms with E-state index in [9.17, 15) is 22.4 Å². The van der Waals surface area contributed by atoms with Crippen LogP contribution < -0.4 is 5.32 Å². The molecule has 0 bridgehead atoms. The van der Waals surface area contributed by atoms with E-state index < -0.39 is 18.7 Å². The van der Waals surface area contributed by atoms with Crippen LogP contribution in [0.15, 0.2) is 48.5 Å². The molecule has 9 heteroatoms. The Labute approximate surface area is 176 Å². The Morgan fingerprint density at radius 3 is 2.52 bits per heavy atom. The van der Waals surface area contributed by atoms with Crippen LogP contribution in [-0.2, 0) is 17.9 Å². The lowest BCUT2D eigenvalue weighted by molar-refractivity contribution is -0.176. The molecule has 5 nitrogen and oxygen atoms in total. The molecule has 0 radical (unpaired) electrons. The summed E-state index contributed by atoms with van der Waals surface area (Å²) in [5.41, 5.74) is 3.28. The van der Waals surface area contributed by atoms with E-state index in [0.717, 1.165) is 5.56 Å². The zero-order valence-electron chi connectivity index (χ0n) is 17.0. The van der Waals surface area contributed by atoms with Gasteiger partial charge in [0.1, 0.15) is 12.4 Å². The molecule has 1 amide bonds. The third kappa shape index (κ3) is 6.14. The minimum atomic E-state index is -4.41. The van der Waals surface area contributed by atoms with Gasteiger partial charge in [0.25, 0.3) is 5.91 Å². The van der Waals surface area contributed by atoms with Gasteiger partial charge in [0.15, 0.2) is 0 Å². The van der Waals surface area contributed by atoms with E-state index in [2.05, 4.69) is 15.2 Å². The Morgan fingerprint density at radius 1 is 1.10 bits per heavy atom. The third-order valence-electron chi connectivity index (χ3n) is 4.57. The summed E-state index contributed by atoms with van der Waals surface area (Å²) in [6.07, 6.45) is -4.41. The van der Waals surface area contributed by atoms with Gasteiger partial charge >= 0.3 is 6.18 Å². The van der Waals surface area contributed by atoms with Gasteiger partial charge < -0.3 is 10.1 Å². The van der Waals surface area contributed by atoms with Crippen molar-refractivity contribution in [2.75, 3.05) is 11.9 Å². The van der Waals surface area contributed by atoms with Gasteiger partial charge in [0.2, 0.25) is 0 Å². The first-order valence-corrected chi connectivity index (χ1v) is 9.45. The van der Waals surface area contributed by atoms with Gasteiger partial charge in [-0.3, -0.25) is 9.48 Å². The molecule has 0 unspecified atom stereocenters. The molecule has 164 valence electrons. The Hall–Kier alpha value is -3.20. The quantitative estimate of drug-likeness (QED) is 0.531. The van der Waals surface area contributed by atoms with Crippen molar-refractivity contribution in [3.63, 3.8) is 0 Å². The second-order valence-corrected chi connectivity index (χ2v) is 7.10. The number of nitrogens with zero attached hydrogens (tertiary/aromatic N) is 2. The molecule has 0 aliphatic carbocycles. The summed E-state index contributed by atoms with van der Waals surface area (Å²) >= 11 is 0. The van der Waals surface area contributed by atoms with Gasteiger partial charge in [-0.05, 0) is 49.2 Å². The van der Waals surface area contributed by atoms with Gasteiger partial charge in [-0.2, -0.15) is 18.3 Å². The van der Waals surface area contributed by atoms with E-state index in [4.69, 9.17) is 0 Å². The minimum Gasteiger partial charge on any atom is -0.367 e. The molecule has 0 saturated carbocycles. The van der Waals surface area contributed by atoms with E-state index in [1.54, 1.807) is 48.9 Å². The second kappa shape index (κ2) is 9.30. The summed E-state index contributed by atoms with van der Waals surface area (Å²) < 4.78 is 56.4. The number of carbonyl (C=O) groups is 1. The number of halogens is 4. The van der Waals surface area contributed by atoms with Crippen molar-refractivity contribution in [3.05, 3.63) is 82.4 Å². The van der Waals surface area contributed by atoms with Crippen molar-refractivity contribution in [3.8, 4) is 0 Å². The van der Waals surface area contributed by atoms with Gasteiger partial charge in [0.05, 0.1) is 30.2 Å². The number of ether oxygens (including phenoxy) is 1. The Bertz CT molecular complexity index is 1080. The van der Waals surface area contributed by atoms with Crippen molar-refractivity contribution in [2.45, 2.75) is 33.2 Å². The van der Waals surface area contributed by atoms with Crippen LogP contribution in [-0.4, -0.2) is 28.5 Å². The summed E-state index contributed by atoms with van der Waals surface area (Å²) in [6, 6.07) is 12.4. The molecule has 1 N–H and O–H groups in total. The fraction of sp³-hybridized carbons (Fsp3) is 0.273. The van der Waals surface area contributed by atoms with Gasteiger partial charge in [-0.25, -0.2) is 4.39 Å². The molecule has 3 aromatic rings.